The third kappa shape index (κ3) is 2.78. The number of aryl methyl sites for hydroxylation is 1. The predicted octanol–water partition coefficient (Wildman–Crippen LogP) is 3.60. The quantitative estimate of drug-likeness (QED) is 0.554. The van der Waals surface area contributed by atoms with Gasteiger partial charge < -0.3 is 14.8 Å². The van der Waals surface area contributed by atoms with E-state index >= 15 is 0 Å². The maximum absolute atomic E-state index is 11.3. The molecule has 2 N–H and O–H groups in total. The molecule has 0 spiro atoms. The highest BCUT2D eigenvalue weighted by atomic mass is 16.6. The number of fused-ring (bicyclic) bond motifs is 1. The highest BCUT2D eigenvalue weighted by Crippen LogP contribution is 2.37. The lowest BCUT2D eigenvalue weighted by molar-refractivity contribution is -0.481. The maximum Gasteiger partial charge on any atom is 0.214 e. The summed E-state index contributed by atoms with van der Waals surface area (Å²) in [6, 6.07) is 12.6. The standard InChI is InChI=1S/C18H18N2O4/c1-11-18(13-5-3-4-6-15(13)19-11)14(10-20(22)23)12-7-8-16(21)17(9-12)24-2/h3-9,14,19,21H,10H2,1-2H3/t14-/m0/s1. The molecule has 0 saturated carbocycles. The van der Waals surface area contributed by atoms with Crippen LogP contribution >= 0.6 is 0 Å². The van der Waals surface area contributed by atoms with Gasteiger partial charge in [0, 0.05) is 21.5 Å². The van der Waals surface area contributed by atoms with E-state index in [0.717, 1.165) is 27.7 Å². The summed E-state index contributed by atoms with van der Waals surface area (Å²) in [6.45, 7) is 1.68. The van der Waals surface area contributed by atoms with Crippen molar-refractivity contribution in [3.05, 3.63) is 69.4 Å². The van der Waals surface area contributed by atoms with E-state index in [4.69, 9.17) is 4.74 Å². The van der Waals surface area contributed by atoms with Gasteiger partial charge in [-0.3, -0.25) is 10.1 Å². The SMILES string of the molecule is COc1cc([C@H](C[N+](=O)[O-])c2c(C)[nH]c3ccccc23)ccc1O. The van der Waals surface area contributed by atoms with E-state index in [-0.39, 0.29) is 17.2 Å². The van der Waals surface area contributed by atoms with Gasteiger partial charge in [0.2, 0.25) is 6.54 Å². The Morgan fingerprint density at radius 3 is 2.75 bits per heavy atom. The van der Waals surface area contributed by atoms with Crippen molar-refractivity contribution in [2.75, 3.05) is 13.7 Å². The molecule has 124 valence electrons. The second-order valence-electron chi connectivity index (χ2n) is 5.71. The number of aromatic hydroxyl groups is 1. The van der Waals surface area contributed by atoms with Crippen LogP contribution in [-0.2, 0) is 0 Å². The van der Waals surface area contributed by atoms with Crippen LogP contribution in [0.2, 0.25) is 0 Å². The predicted molar refractivity (Wildman–Crippen MR) is 91.4 cm³/mol. The second-order valence-corrected chi connectivity index (χ2v) is 5.71. The van der Waals surface area contributed by atoms with Crippen LogP contribution in [-0.4, -0.2) is 28.7 Å². The van der Waals surface area contributed by atoms with Gasteiger partial charge in [-0.2, -0.15) is 0 Å². The molecule has 6 nitrogen and oxygen atoms in total. The fourth-order valence-corrected chi connectivity index (χ4v) is 3.17. The first-order valence-corrected chi connectivity index (χ1v) is 7.57. The van der Waals surface area contributed by atoms with Gasteiger partial charge in [-0.05, 0) is 36.2 Å². The van der Waals surface area contributed by atoms with Crippen LogP contribution in [0.3, 0.4) is 0 Å². The van der Waals surface area contributed by atoms with Crippen LogP contribution in [0.1, 0.15) is 22.7 Å². The number of methoxy groups -OCH3 is 1. The number of H-pyrrole nitrogens is 1. The number of nitro groups is 1. The van der Waals surface area contributed by atoms with Gasteiger partial charge in [0.05, 0.1) is 13.0 Å². The van der Waals surface area contributed by atoms with Crippen LogP contribution in [0.4, 0.5) is 0 Å². The topological polar surface area (TPSA) is 88.4 Å². The molecule has 1 atom stereocenters. The number of ether oxygens (including phenoxy) is 1. The van der Waals surface area contributed by atoms with E-state index in [0.29, 0.717) is 5.75 Å². The van der Waals surface area contributed by atoms with Gasteiger partial charge in [0.1, 0.15) is 0 Å². The summed E-state index contributed by atoms with van der Waals surface area (Å²) in [5.74, 6) is -0.124. The van der Waals surface area contributed by atoms with Crippen molar-refractivity contribution in [2.24, 2.45) is 0 Å². The zero-order valence-electron chi connectivity index (χ0n) is 13.4. The average Bonchev–Trinajstić information content (AvgIpc) is 2.89. The minimum Gasteiger partial charge on any atom is -0.504 e. The molecule has 24 heavy (non-hydrogen) atoms. The van der Waals surface area contributed by atoms with Crippen molar-refractivity contribution in [2.45, 2.75) is 12.8 Å². The number of aromatic nitrogens is 1. The Bertz CT molecular complexity index is 901. The molecule has 6 heteroatoms. The van der Waals surface area contributed by atoms with Crippen molar-refractivity contribution < 1.29 is 14.8 Å². The Balaban J connectivity index is 2.19. The fourth-order valence-electron chi connectivity index (χ4n) is 3.17. The highest BCUT2D eigenvalue weighted by Gasteiger charge is 2.26. The van der Waals surface area contributed by atoms with E-state index in [1.807, 2.05) is 31.2 Å². The normalized spacial score (nSPS) is 12.2. The largest absolute Gasteiger partial charge is 0.504 e. The molecule has 0 unspecified atom stereocenters. The Morgan fingerprint density at radius 1 is 1.29 bits per heavy atom. The fraction of sp³-hybridized carbons (Fsp3) is 0.222. The molecular formula is C18H18N2O4. The van der Waals surface area contributed by atoms with Gasteiger partial charge in [0.25, 0.3) is 0 Å². The van der Waals surface area contributed by atoms with E-state index in [2.05, 4.69) is 4.98 Å². The monoisotopic (exact) mass is 326 g/mol. The van der Waals surface area contributed by atoms with Gasteiger partial charge >= 0.3 is 0 Å². The maximum atomic E-state index is 11.3. The van der Waals surface area contributed by atoms with Crippen LogP contribution < -0.4 is 4.74 Å². The number of phenolic OH excluding ortho intramolecular Hbond substituents is 1. The molecule has 2 aromatic carbocycles. The van der Waals surface area contributed by atoms with Crippen LogP contribution in [0.15, 0.2) is 42.5 Å². The minimum absolute atomic E-state index is 0.0109. The number of hydrogen-bond acceptors (Lipinski definition) is 4. The number of para-hydroxylation sites is 1. The molecule has 0 fully saturated rings. The molecule has 0 amide bonds. The molecule has 0 aliphatic heterocycles. The molecular weight excluding hydrogens is 308 g/mol. The Labute approximate surface area is 138 Å². The van der Waals surface area contributed by atoms with Crippen molar-refractivity contribution in [3.63, 3.8) is 0 Å². The lowest BCUT2D eigenvalue weighted by atomic mass is 9.89. The first kappa shape index (κ1) is 15.9. The highest BCUT2D eigenvalue weighted by molar-refractivity contribution is 5.85. The Hall–Kier alpha value is -3.02. The van der Waals surface area contributed by atoms with Gasteiger partial charge in [0.15, 0.2) is 11.5 Å². The molecule has 3 rings (SSSR count). The van der Waals surface area contributed by atoms with E-state index in [1.165, 1.54) is 13.2 Å². The third-order valence-corrected chi connectivity index (χ3v) is 4.23. The van der Waals surface area contributed by atoms with Crippen LogP contribution in [0.5, 0.6) is 11.5 Å². The summed E-state index contributed by atoms with van der Waals surface area (Å²) in [4.78, 5) is 14.2. The number of rotatable bonds is 5. The Kier molecular flexibility index (Phi) is 4.12. The number of nitrogens with one attached hydrogen (secondary N) is 1. The molecule has 0 radical (unpaired) electrons. The zero-order valence-corrected chi connectivity index (χ0v) is 13.4. The summed E-state index contributed by atoms with van der Waals surface area (Å²) in [6.07, 6.45) is 0. The lowest BCUT2D eigenvalue weighted by Crippen LogP contribution is -2.14. The number of benzene rings is 2. The van der Waals surface area contributed by atoms with Gasteiger partial charge in [-0.1, -0.05) is 24.3 Å². The van der Waals surface area contributed by atoms with Crippen molar-refractivity contribution in [1.82, 2.24) is 4.98 Å². The number of nitrogens with zero attached hydrogens (tertiary/aromatic N) is 1. The van der Waals surface area contributed by atoms with Crippen molar-refractivity contribution in [3.8, 4) is 11.5 Å². The summed E-state index contributed by atoms with van der Waals surface area (Å²) in [5, 5.41) is 22.0. The zero-order chi connectivity index (χ0) is 17.3. The Morgan fingerprint density at radius 2 is 2.04 bits per heavy atom. The lowest BCUT2D eigenvalue weighted by Gasteiger charge is -2.16. The van der Waals surface area contributed by atoms with Crippen molar-refractivity contribution in [1.29, 1.82) is 0 Å². The molecule has 1 aromatic heterocycles. The summed E-state index contributed by atoms with van der Waals surface area (Å²) in [7, 11) is 1.46. The van der Waals surface area contributed by atoms with E-state index in [9.17, 15) is 15.2 Å². The van der Waals surface area contributed by atoms with Crippen LogP contribution in [0.25, 0.3) is 10.9 Å². The molecule has 1 heterocycles. The first-order valence-electron chi connectivity index (χ1n) is 7.57. The van der Waals surface area contributed by atoms with E-state index < -0.39 is 5.92 Å². The number of hydrogen-bond donors (Lipinski definition) is 2. The molecule has 0 aliphatic carbocycles. The molecule has 0 saturated heterocycles. The number of phenols is 1. The smallest absolute Gasteiger partial charge is 0.214 e. The molecule has 0 bridgehead atoms. The second kappa shape index (κ2) is 6.23. The van der Waals surface area contributed by atoms with Gasteiger partial charge in [-0.25, -0.2) is 0 Å². The summed E-state index contributed by atoms with van der Waals surface area (Å²) < 4.78 is 5.15. The molecule has 0 aliphatic rings. The van der Waals surface area contributed by atoms with Crippen molar-refractivity contribution >= 4 is 10.9 Å². The number of aromatic amines is 1. The van der Waals surface area contributed by atoms with Crippen LogP contribution in [0, 0.1) is 17.0 Å². The summed E-state index contributed by atoms with van der Waals surface area (Å²) in [5.41, 5.74) is 3.48. The summed E-state index contributed by atoms with van der Waals surface area (Å²) >= 11 is 0. The first-order chi connectivity index (χ1) is 11.5. The minimum atomic E-state index is -0.439. The third-order valence-electron chi connectivity index (χ3n) is 4.23. The molecule has 3 aromatic rings. The van der Waals surface area contributed by atoms with E-state index in [1.54, 1.807) is 12.1 Å². The average molecular weight is 326 g/mol. The van der Waals surface area contributed by atoms with Gasteiger partial charge in [-0.15, -0.1) is 0 Å².